The highest BCUT2D eigenvalue weighted by Crippen LogP contribution is 2.08. The van der Waals surface area contributed by atoms with E-state index >= 15 is 0 Å². The summed E-state index contributed by atoms with van der Waals surface area (Å²) in [6, 6.07) is 0. The van der Waals surface area contributed by atoms with E-state index in [1.54, 1.807) is 0 Å². The van der Waals surface area contributed by atoms with Gasteiger partial charge in [0.05, 0.1) is 6.10 Å². The van der Waals surface area contributed by atoms with Gasteiger partial charge in [-0.05, 0) is 12.8 Å². The van der Waals surface area contributed by atoms with Gasteiger partial charge < -0.3 is 0 Å². The summed E-state index contributed by atoms with van der Waals surface area (Å²) in [6.07, 6.45) is 1.40. The lowest BCUT2D eigenvalue weighted by Gasteiger charge is -2.16. The molecule has 2 heteroatoms. The molecule has 0 aliphatic rings. The van der Waals surface area contributed by atoms with E-state index in [0.29, 0.717) is 5.92 Å². The Bertz CT molecular complexity index is 65.9. The van der Waals surface area contributed by atoms with E-state index in [2.05, 4.69) is 26.4 Å². The normalized spacial score (nSPS) is 17.3. The molecule has 0 heterocycles. The van der Waals surface area contributed by atoms with Crippen LogP contribution in [0.5, 0.6) is 0 Å². The van der Waals surface area contributed by atoms with Gasteiger partial charge in [0.25, 0.3) is 0 Å². The van der Waals surface area contributed by atoms with Gasteiger partial charge in [0.2, 0.25) is 0 Å². The summed E-state index contributed by atoms with van der Waals surface area (Å²) in [4.78, 5) is 5.03. The molecule has 1 N–H and O–H groups in total. The molecule has 2 nitrogen and oxygen atoms in total. The minimum atomic E-state index is 0.257. The first-order valence-electron chi connectivity index (χ1n) is 3.40. The highest BCUT2D eigenvalue weighted by atomic mass is 16.7. The molecule has 55 valence electrons. The van der Waals surface area contributed by atoms with Crippen molar-refractivity contribution in [1.82, 2.24) is 5.48 Å². The molecule has 0 rings (SSSR count). The first-order valence-corrected chi connectivity index (χ1v) is 3.40. The van der Waals surface area contributed by atoms with Crippen molar-refractivity contribution in [3.8, 4) is 0 Å². The average molecular weight is 130 g/mol. The van der Waals surface area contributed by atoms with Gasteiger partial charge in [-0.1, -0.05) is 20.3 Å². The molecule has 0 bridgehead atoms. The zero-order valence-corrected chi connectivity index (χ0v) is 6.48. The molecule has 0 aliphatic heterocycles. The Morgan fingerprint density at radius 1 is 1.56 bits per heavy atom. The minimum Gasteiger partial charge on any atom is -0.298 e. The van der Waals surface area contributed by atoms with Gasteiger partial charge in [0.1, 0.15) is 0 Å². The zero-order chi connectivity index (χ0) is 7.28. The standard InChI is InChI=1S/C7H16NO/c1-5-6(2)7(3)9-8-4/h6-8H,4-5H2,1-3H3. The van der Waals surface area contributed by atoms with Gasteiger partial charge in [-0.3, -0.25) is 4.84 Å². The molecule has 0 saturated carbocycles. The molecule has 0 fully saturated rings. The Morgan fingerprint density at radius 2 is 2.11 bits per heavy atom. The Balaban J connectivity index is 3.32. The van der Waals surface area contributed by atoms with Crippen LogP contribution in [0.1, 0.15) is 27.2 Å². The van der Waals surface area contributed by atoms with Crippen LogP contribution in [0.3, 0.4) is 0 Å². The van der Waals surface area contributed by atoms with Crippen LogP contribution in [0.4, 0.5) is 0 Å². The quantitative estimate of drug-likeness (QED) is 0.585. The Labute approximate surface area is 57.5 Å². The summed E-state index contributed by atoms with van der Waals surface area (Å²) in [7, 11) is 3.37. The number of nitrogens with one attached hydrogen (secondary N) is 1. The SMILES string of the molecule is [CH2]NOC(C)C(C)CC. The van der Waals surface area contributed by atoms with Crippen LogP contribution in [0.25, 0.3) is 0 Å². The molecule has 9 heavy (non-hydrogen) atoms. The van der Waals surface area contributed by atoms with Crippen molar-refractivity contribution in [2.24, 2.45) is 5.92 Å². The van der Waals surface area contributed by atoms with Crippen molar-refractivity contribution >= 4 is 0 Å². The van der Waals surface area contributed by atoms with E-state index in [9.17, 15) is 0 Å². The van der Waals surface area contributed by atoms with Gasteiger partial charge >= 0.3 is 0 Å². The van der Waals surface area contributed by atoms with Gasteiger partial charge in [-0.25, -0.2) is 5.48 Å². The molecule has 2 unspecified atom stereocenters. The summed E-state index contributed by atoms with van der Waals surface area (Å²) >= 11 is 0. The van der Waals surface area contributed by atoms with Crippen LogP contribution in [0.2, 0.25) is 0 Å². The van der Waals surface area contributed by atoms with E-state index in [4.69, 9.17) is 4.84 Å². The van der Waals surface area contributed by atoms with E-state index in [-0.39, 0.29) is 6.10 Å². The number of hydrogen-bond donors (Lipinski definition) is 1. The summed E-state index contributed by atoms with van der Waals surface area (Å²) in [5, 5.41) is 0. The average Bonchev–Trinajstić information content (AvgIpc) is 1.87. The Kier molecular flexibility index (Phi) is 4.72. The monoisotopic (exact) mass is 130 g/mol. The van der Waals surface area contributed by atoms with Crippen molar-refractivity contribution in [2.75, 3.05) is 0 Å². The largest absolute Gasteiger partial charge is 0.298 e. The molecule has 0 amide bonds. The van der Waals surface area contributed by atoms with Gasteiger partial charge in [-0.2, -0.15) is 0 Å². The van der Waals surface area contributed by atoms with Crippen LogP contribution >= 0.6 is 0 Å². The maximum Gasteiger partial charge on any atom is 0.0787 e. The summed E-state index contributed by atoms with van der Waals surface area (Å²) in [5.74, 6) is 0.597. The second kappa shape index (κ2) is 4.77. The molecular formula is C7H16NO. The fourth-order valence-electron chi connectivity index (χ4n) is 0.580. The van der Waals surface area contributed by atoms with Crippen LogP contribution < -0.4 is 5.48 Å². The first kappa shape index (κ1) is 8.92. The summed E-state index contributed by atoms with van der Waals surface area (Å²) in [6.45, 7) is 6.34. The molecule has 0 aliphatic carbocycles. The number of hydroxylamine groups is 1. The molecule has 0 spiro atoms. The molecule has 0 aromatic rings. The second-order valence-electron chi connectivity index (χ2n) is 2.35. The van der Waals surface area contributed by atoms with Crippen LogP contribution in [0.15, 0.2) is 0 Å². The van der Waals surface area contributed by atoms with Crippen molar-refractivity contribution in [3.05, 3.63) is 7.05 Å². The highest BCUT2D eigenvalue weighted by Gasteiger charge is 2.08. The fraction of sp³-hybridized carbons (Fsp3) is 0.857. The van der Waals surface area contributed by atoms with Crippen LogP contribution in [-0.4, -0.2) is 6.10 Å². The van der Waals surface area contributed by atoms with Gasteiger partial charge in [-0.15, -0.1) is 0 Å². The molecule has 0 aromatic heterocycles. The van der Waals surface area contributed by atoms with Gasteiger partial charge in [0.15, 0.2) is 0 Å². The Hall–Kier alpha value is -0.0800. The van der Waals surface area contributed by atoms with E-state index in [1.807, 2.05) is 6.92 Å². The molecule has 0 aromatic carbocycles. The minimum absolute atomic E-state index is 0.257. The zero-order valence-electron chi connectivity index (χ0n) is 6.48. The van der Waals surface area contributed by atoms with Gasteiger partial charge in [0, 0.05) is 7.05 Å². The van der Waals surface area contributed by atoms with Crippen molar-refractivity contribution in [3.63, 3.8) is 0 Å². The summed E-state index contributed by atoms with van der Waals surface area (Å²) < 4.78 is 0. The van der Waals surface area contributed by atoms with Crippen molar-refractivity contribution < 1.29 is 4.84 Å². The molecule has 1 radical (unpaired) electrons. The molecule has 2 atom stereocenters. The third-order valence-electron chi connectivity index (χ3n) is 1.71. The number of hydrogen-bond acceptors (Lipinski definition) is 2. The predicted octanol–water partition coefficient (Wildman–Crippen LogP) is 1.73. The molecular weight excluding hydrogens is 114 g/mol. The maximum atomic E-state index is 5.03. The third-order valence-corrected chi connectivity index (χ3v) is 1.71. The highest BCUT2D eigenvalue weighted by molar-refractivity contribution is 4.56. The van der Waals surface area contributed by atoms with Crippen molar-refractivity contribution in [2.45, 2.75) is 33.3 Å². The third kappa shape index (κ3) is 3.49. The Morgan fingerprint density at radius 3 is 2.44 bits per heavy atom. The maximum absolute atomic E-state index is 5.03. The lowest BCUT2D eigenvalue weighted by molar-refractivity contribution is -0.0218. The number of rotatable bonds is 4. The van der Waals surface area contributed by atoms with Crippen LogP contribution in [0, 0.1) is 13.0 Å². The van der Waals surface area contributed by atoms with Crippen LogP contribution in [-0.2, 0) is 4.84 Å². The second-order valence-corrected chi connectivity index (χ2v) is 2.35. The van der Waals surface area contributed by atoms with E-state index < -0.39 is 0 Å². The van der Waals surface area contributed by atoms with Crippen molar-refractivity contribution in [1.29, 1.82) is 0 Å². The predicted molar refractivity (Wildman–Crippen MR) is 38.5 cm³/mol. The van der Waals surface area contributed by atoms with E-state index in [1.165, 1.54) is 0 Å². The van der Waals surface area contributed by atoms with E-state index in [0.717, 1.165) is 6.42 Å². The summed E-state index contributed by atoms with van der Waals surface area (Å²) in [5.41, 5.74) is 2.43. The topological polar surface area (TPSA) is 21.3 Å². The fourth-order valence-corrected chi connectivity index (χ4v) is 0.580. The molecule has 0 saturated heterocycles. The lowest BCUT2D eigenvalue weighted by atomic mass is 10.0. The smallest absolute Gasteiger partial charge is 0.0787 e. The first-order chi connectivity index (χ1) is 4.22. The lowest BCUT2D eigenvalue weighted by Crippen LogP contribution is -2.22.